The van der Waals surface area contributed by atoms with E-state index in [1.807, 2.05) is 0 Å². The van der Waals surface area contributed by atoms with Gasteiger partial charge in [-0.15, -0.1) is 0 Å². The Kier molecular flexibility index (Phi) is 6.86. The van der Waals surface area contributed by atoms with Crippen LogP contribution in [0.5, 0.6) is 0 Å². The van der Waals surface area contributed by atoms with Crippen molar-refractivity contribution in [3.63, 3.8) is 0 Å². The van der Waals surface area contributed by atoms with Crippen molar-refractivity contribution in [2.45, 2.75) is 0 Å². The predicted octanol–water partition coefficient (Wildman–Crippen LogP) is 3.78. The van der Waals surface area contributed by atoms with E-state index in [0.29, 0.717) is 5.56 Å². The van der Waals surface area contributed by atoms with Gasteiger partial charge >= 0.3 is 5.97 Å². The van der Waals surface area contributed by atoms with E-state index in [1.54, 1.807) is 42.5 Å². The van der Waals surface area contributed by atoms with Gasteiger partial charge in [0.1, 0.15) is 5.82 Å². The van der Waals surface area contributed by atoms with Crippen LogP contribution >= 0.6 is 0 Å². The molecule has 3 aromatic rings. The number of para-hydroxylation sites is 1. The molecule has 0 bridgehead atoms. The van der Waals surface area contributed by atoms with E-state index in [9.17, 15) is 28.9 Å². The van der Waals surface area contributed by atoms with Crippen molar-refractivity contribution in [3.05, 3.63) is 99.9 Å². The third kappa shape index (κ3) is 5.51. The van der Waals surface area contributed by atoms with Gasteiger partial charge in [0.05, 0.1) is 21.9 Å². The molecule has 2 amide bonds. The van der Waals surface area contributed by atoms with Gasteiger partial charge < -0.3 is 15.4 Å². The minimum atomic E-state index is -0.899. The minimum absolute atomic E-state index is 0.00566. The zero-order chi connectivity index (χ0) is 23.1. The van der Waals surface area contributed by atoms with Crippen molar-refractivity contribution in [2.75, 3.05) is 17.2 Å². The maximum atomic E-state index is 13.8. The van der Waals surface area contributed by atoms with Crippen LogP contribution < -0.4 is 10.6 Å². The average molecular weight is 437 g/mol. The van der Waals surface area contributed by atoms with Gasteiger partial charge in [-0.3, -0.25) is 19.7 Å². The largest absolute Gasteiger partial charge is 0.452 e. The second-order valence-corrected chi connectivity index (χ2v) is 6.41. The molecule has 0 aliphatic carbocycles. The van der Waals surface area contributed by atoms with Crippen LogP contribution in [0.3, 0.4) is 0 Å². The molecule has 0 radical (unpaired) electrons. The number of amides is 2. The molecule has 0 fully saturated rings. The van der Waals surface area contributed by atoms with Gasteiger partial charge in [0.15, 0.2) is 6.61 Å². The van der Waals surface area contributed by atoms with E-state index in [4.69, 9.17) is 4.74 Å². The van der Waals surface area contributed by atoms with Crippen LogP contribution in [0.2, 0.25) is 0 Å². The number of benzene rings is 3. The number of nitrogens with zero attached hydrogens (tertiary/aromatic N) is 1. The molecule has 0 atom stereocenters. The molecule has 9 nitrogen and oxygen atoms in total. The summed E-state index contributed by atoms with van der Waals surface area (Å²) < 4.78 is 18.7. The number of hydrogen-bond acceptors (Lipinski definition) is 6. The summed E-state index contributed by atoms with van der Waals surface area (Å²) in [5.41, 5.74) is -0.269. The minimum Gasteiger partial charge on any atom is -0.452 e. The number of anilines is 2. The molecular weight excluding hydrogens is 421 g/mol. The highest BCUT2D eigenvalue weighted by atomic mass is 19.1. The fourth-order valence-corrected chi connectivity index (χ4v) is 2.67. The smallest absolute Gasteiger partial charge is 0.340 e. The molecule has 0 aliphatic heterocycles. The molecule has 10 heteroatoms. The Labute approximate surface area is 181 Å². The highest BCUT2D eigenvalue weighted by Crippen LogP contribution is 2.21. The Morgan fingerprint density at radius 3 is 2.31 bits per heavy atom. The van der Waals surface area contributed by atoms with Crippen LogP contribution in [0.25, 0.3) is 0 Å². The number of carbonyl (C=O) groups is 3. The van der Waals surface area contributed by atoms with Gasteiger partial charge in [-0.25, -0.2) is 9.18 Å². The number of hydrogen-bond donors (Lipinski definition) is 2. The normalized spacial score (nSPS) is 10.2. The fraction of sp³-hybridized carbons (Fsp3) is 0.0455. The summed E-state index contributed by atoms with van der Waals surface area (Å²) in [5, 5.41) is 15.5. The second kappa shape index (κ2) is 9.94. The monoisotopic (exact) mass is 437 g/mol. The molecule has 0 heterocycles. The van der Waals surface area contributed by atoms with Gasteiger partial charge in [0, 0.05) is 17.7 Å². The van der Waals surface area contributed by atoms with Crippen molar-refractivity contribution in [1.82, 2.24) is 0 Å². The molecule has 0 spiro atoms. The van der Waals surface area contributed by atoms with Crippen molar-refractivity contribution in [1.29, 1.82) is 0 Å². The Balaban J connectivity index is 1.64. The Hall–Kier alpha value is -4.60. The van der Waals surface area contributed by atoms with Crippen LogP contribution in [-0.2, 0) is 9.53 Å². The summed E-state index contributed by atoms with van der Waals surface area (Å²) in [4.78, 5) is 46.9. The summed E-state index contributed by atoms with van der Waals surface area (Å²) in [6.45, 7) is -0.776. The second-order valence-electron chi connectivity index (χ2n) is 6.41. The lowest BCUT2D eigenvalue weighted by Gasteiger charge is -2.11. The molecule has 0 aliphatic rings. The highest BCUT2D eigenvalue weighted by Gasteiger charge is 2.18. The average Bonchev–Trinajstić information content (AvgIpc) is 2.79. The van der Waals surface area contributed by atoms with Crippen LogP contribution in [0, 0.1) is 15.9 Å². The molecule has 32 heavy (non-hydrogen) atoms. The summed E-state index contributed by atoms with van der Waals surface area (Å²) in [7, 11) is 0. The van der Waals surface area contributed by atoms with Gasteiger partial charge in [0.2, 0.25) is 0 Å². The molecule has 0 aromatic heterocycles. The molecule has 0 saturated carbocycles. The van der Waals surface area contributed by atoms with E-state index in [1.165, 1.54) is 12.1 Å². The molecular formula is C22H16FN3O6. The molecule has 0 saturated heterocycles. The lowest BCUT2D eigenvalue weighted by molar-refractivity contribution is -0.384. The summed E-state index contributed by atoms with van der Waals surface area (Å²) in [6.07, 6.45) is 0. The van der Waals surface area contributed by atoms with Crippen molar-refractivity contribution in [2.24, 2.45) is 0 Å². The van der Waals surface area contributed by atoms with Crippen molar-refractivity contribution in [3.8, 4) is 0 Å². The van der Waals surface area contributed by atoms with Crippen molar-refractivity contribution >= 4 is 34.8 Å². The zero-order valence-corrected chi connectivity index (χ0v) is 16.4. The van der Waals surface area contributed by atoms with Crippen molar-refractivity contribution < 1.29 is 28.4 Å². The van der Waals surface area contributed by atoms with Crippen LogP contribution in [0.15, 0.2) is 72.8 Å². The predicted molar refractivity (Wildman–Crippen MR) is 113 cm³/mol. The molecule has 3 rings (SSSR count). The highest BCUT2D eigenvalue weighted by molar-refractivity contribution is 6.08. The Morgan fingerprint density at radius 2 is 1.59 bits per heavy atom. The number of esters is 1. The van der Waals surface area contributed by atoms with Crippen LogP contribution in [-0.4, -0.2) is 29.3 Å². The SMILES string of the molecule is O=C(COC(=O)c1ccccc1NC(=O)c1ccccc1)Nc1cc([N+](=O)[O-])ccc1F. The maximum absolute atomic E-state index is 13.8. The van der Waals surface area contributed by atoms with E-state index in [2.05, 4.69) is 10.6 Å². The van der Waals surface area contributed by atoms with Gasteiger partial charge in [-0.1, -0.05) is 30.3 Å². The first kappa shape index (κ1) is 22.1. The molecule has 0 unspecified atom stereocenters. The quantitative estimate of drug-likeness (QED) is 0.329. The van der Waals surface area contributed by atoms with Crippen LogP contribution in [0.4, 0.5) is 21.5 Å². The topological polar surface area (TPSA) is 128 Å². The first-order valence-electron chi connectivity index (χ1n) is 9.21. The number of halogens is 1. The van der Waals surface area contributed by atoms with Gasteiger partial charge in [-0.05, 0) is 30.3 Å². The molecule has 3 aromatic carbocycles. The first-order valence-corrected chi connectivity index (χ1v) is 9.21. The standard InChI is InChI=1S/C22H16FN3O6/c23-17-11-10-15(26(30)31)12-19(17)24-20(27)13-32-22(29)16-8-4-5-9-18(16)25-21(28)14-6-2-1-3-7-14/h1-12H,13H2,(H,24,27)(H,25,28). The molecule has 2 N–H and O–H groups in total. The molecule has 162 valence electrons. The lowest BCUT2D eigenvalue weighted by Crippen LogP contribution is -2.22. The first-order chi connectivity index (χ1) is 15.3. The maximum Gasteiger partial charge on any atom is 0.340 e. The third-order valence-electron chi connectivity index (χ3n) is 4.20. The van der Waals surface area contributed by atoms with E-state index >= 15 is 0 Å². The number of ether oxygens (including phenoxy) is 1. The van der Waals surface area contributed by atoms with Crippen LogP contribution in [0.1, 0.15) is 20.7 Å². The number of rotatable bonds is 7. The number of nitrogens with one attached hydrogen (secondary N) is 2. The lowest BCUT2D eigenvalue weighted by atomic mass is 10.1. The van der Waals surface area contributed by atoms with E-state index in [0.717, 1.165) is 18.2 Å². The fourth-order valence-electron chi connectivity index (χ4n) is 2.67. The summed E-state index contributed by atoms with van der Waals surface area (Å²) in [6, 6.07) is 17.0. The van der Waals surface area contributed by atoms with Gasteiger partial charge in [0.25, 0.3) is 17.5 Å². The van der Waals surface area contributed by atoms with E-state index in [-0.39, 0.29) is 11.3 Å². The van der Waals surface area contributed by atoms with E-state index < -0.39 is 46.5 Å². The number of carbonyl (C=O) groups excluding carboxylic acids is 3. The zero-order valence-electron chi connectivity index (χ0n) is 16.4. The Morgan fingerprint density at radius 1 is 0.906 bits per heavy atom. The summed E-state index contributed by atoms with van der Waals surface area (Å²) >= 11 is 0. The number of nitro benzene ring substituents is 1. The number of non-ortho nitro benzene ring substituents is 1. The third-order valence-corrected chi connectivity index (χ3v) is 4.20. The summed E-state index contributed by atoms with van der Waals surface area (Å²) in [5.74, 6) is -3.12. The Bertz CT molecular complexity index is 1180. The number of nitro groups is 1. The van der Waals surface area contributed by atoms with Gasteiger partial charge in [-0.2, -0.15) is 0 Å².